The van der Waals surface area contributed by atoms with Gasteiger partial charge in [-0.3, -0.25) is 9.69 Å². The molecule has 6 nitrogen and oxygen atoms in total. The molecule has 1 heterocycles. The maximum atomic E-state index is 13.2. The van der Waals surface area contributed by atoms with Crippen molar-refractivity contribution in [1.29, 1.82) is 0 Å². The highest BCUT2D eigenvalue weighted by Crippen LogP contribution is 2.31. The summed E-state index contributed by atoms with van der Waals surface area (Å²) in [6.45, 7) is 3.17. The number of benzene rings is 2. The zero-order valence-electron chi connectivity index (χ0n) is 16.3. The average molecular weight is 418 g/mol. The molecule has 0 spiro atoms. The van der Waals surface area contributed by atoms with Crippen LogP contribution in [0.5, 0.6) is 0 Å². The van der Waals surface area contributed by atoms with E-state index < -0.39 is 9.84 Å². The van der Waals surface area contributed by atoms with Crippen LogP contribution in [0.1, 0.15) is 15.9 Å². The summed E-state index contributed by atoms with van der Waals surface area (Å²) in [5, 5.41) is 0.642. The molecule has 0 radical (unpaired) electrons. The van der Waals surface area contributed by atoms with Crippen LogP contribution in [0.3, 0.4) is 0 Å². The van der Waals surface area contributed by atoms with Gasteiger partial charge in [0.2, 0.25) is 0 Å². The van der Waals surface area contributed by atoms with Crippen molar-refractivity contribution in [3.8, 4) is 0 Å². The highest BCUT2D eigenvalue weighted by Gasteiger charge is 2.22. The van der Waals surface area contributed by atoms with Crippen LogP contribution in [-0.2, 0) is 9.84 Å². The van der Waals surface area contributed by atoms with Crippen molar-refractivity contribution >= 4 is 42.4 Å². The third-order valence-electron chi connectivity index (χ3n) is 4.39. The van der Waals surface area contributed by atoms with Gasteiger partial charge >= 0.3 is 0 Å². The number of aryl methyl sites for hydroxylation is 1. The quantitative estimate of drug-likeness (QED) is 0.616. The molecule has 3 aromatic rings. The lowest BCUT2D eigenvalue weighted by Crippen LogP contribution is -2.36. The minimum absolute atomic E-state index is 0.194. The second-order valence-electron chi connectivity index (χ2n) is 6.97. The number of hydrogen-bond donors (Lipinski definition) is 0. The fourth-order valence-corrected chi connectivity index (χ4v) is 4.47. The van der Waals surface area contributed by atoms with Gasteiger partial charge in [0.05, 0.1) is 15.1 Å². The van der Waals surface area contributed by atoms with E-state index in [1.54, 1.807) is 17.0 Å². The fraction of sp³-hybridized carbons (Fsp3) is 0.300. The van der Waals surface area contributed by atoms with Crippen LogP contribution in [0.15, 0.2) is 47.4 Å². The first kappa shape index (κ1) is 20.4. The van der Waals surface area contributed by atoms with Crippen LogP contribution in [0.4, 0.5) is 5.13 Å². The topological polar surface area (TPSA) is 70.6 Å². The molecule has 0 aliphatic carbocycles. The standard InChI is InChI=1S/C20H23N3O3S2/c1-14-6-5-7-17-18(14)21-20(27-17)23(13-12-22(2)3)19(24)15-8-10-16(11-9-15)28(4,25)26/h5-11H,12-13H2,1-4H3. The second kappa shape index (κ2) is 7.98. The molecule has 0 aliphatic heterocycles. The molecule has 8 heteroatoms. The van der Waals surface area contributed by atoms with E-state index in [0.29, 0.717) is 23.8 Å². The largest absolute Gasteiger partial charge is 0.308 e. The first-order chi connectivity index (χ1) is 13.2. The Morgan fingerprint density at radius 1 is 1.07 bits per heavy atom. The molecule has 1 aromatic heterocycles. The predicted octanol–water partition coefficient (Wildman–Crippen LogP) is 3.22. The molecule has 0 N–H and O–H groups in total. The molecule has 1 amide bonds. The normalized spacial score (nSPS) is 11.9. The molecule has 0 aliphatic rings. The molecule has 0 bridgehead atoms. The minimum atomic E-state index is -3.30. The van der Waals surface area contributed by atoms with E-state index in [4.69, 9.17) is 4.98 Å². The van der Waals surface area contributed by atoms with Crippen molar-refractivity contribution in [2.75, 3.05) is 38.3 Å². The Morgan fingerprint density at radius 3 is 2.32 bits per heavy atom. The molecule has 148 valence electrons. The fourth-order valence-electron chi connectivity index (χ4n) is 2.77. The van der Waals surface area contributed by atoms with E-state index in [2.05, 4.69) is 0 Å². The van der Waals surface area contributed by atoms with Crippen molar-refractivity contribution in [3.05, 3.63) is 53.6 Å². The molecule has 2 aromatic carbocycles. The zero-order chi connectivity index (χ0) is 20.5. The van der Waals surface area contributed by atoms with Crippen LogP contribution in [0.2, 0.25) is 0 Å². The van der Waals surface area contributed by atoms with Gasteiger partial charge in [-0.25, -0.2) is 13.4 Å². The van der Waals surface area contributed by atoms with E-state index in [-0.39, 0.29) is 10.8 Å². The molecule has 28 heavy (non-hydrogen) atoms. The van der Waals surface area contributed by atoms with Crippen LogP contribution in [0, 0.1) is 6.92 Å². The van der Waals surface area contributed by atoms with Gasteiger partial charge in [0, 0.05) is 24.9 Å². The molecule has 0 saturated heterocycles. The van der Waals surface area contributed by atoms with Gasteiger partial charge in [-0.15, -0.1) is 0 Å². The third-order valence-corrected chi connectivity index (χ3v) is 6.56. The summed E-state index contributed by atoms with van der Waals surface area (Å²) in [4.78, 5) is 21.8. The van der Waals surface area contributed by atoms with Crippen molar-refractivity contribution in [3.63, 3.8) is 0 Å². The van der Waals surface area contributed by atoms with Gasteiger partial charge in [0.25, 0.3) is 5.91 Å². The summed E-state index contributed by atoms with van der Waals surface area (Å²) in [6, 6.07) is 12.0. The lowest BCUT2D eigenvalue weighted by atomic mass is 10.2. The smallest absolute Gasteiger partial charge is 0.260 e. The van der Waals surface area contributed by atoms with Gasteiger partial charge in [0.15, 0.2) is 15.0 Å². The third kappa shape index (κ3) is 4.40. The Bertz CT molecular complexity index is 1100. The Hall–Kier alpha value is -2.29. The molecule has 0 atom stereocenters. The first-order valence-electron chi connectivity index (χ1n) is 8.79. The van der Waals surface area contributed by atoms with Gasteiger partial charge in [0.1, 0.15) is 0 Å². The number of carbonyl (C=O) groups is 1. The number of hydrogen-bond acceptors (Lipinski definition) is 6. The van der Waals surface area contributed by atoms with Crippen molar-refractivity contribution in [1.82, 2.24) is 9.88 Å². The number of nitrogens with zero attached hydrogens (tertiary/aromatic N) is 3. The van der Waals surface area contributed by atoms with Gasteiger partial charge in [-0.1, -0.05) is 23.5 Å². The van der Waals surface area contributed by atoms with Crippen LogP contribution in [-0.4, -0.2) is 57.6 Å². The lowest BCUT2D eigenvalue weighted by molar-refractivity contribution is 0.0985. The monoisotopic (exact) mass is 417 g/mol. The van der Waals surface area contributed by atoms with E-state index in [1.165, 1.54) is 23.5 Å². The number of rotatable bonds is 6. The average Bonchev–Trinajstić information content (AvgIpc) is 3.06. The number of aromatic nitrogens is 1. The van der Waals surface area contributed by atoms with Crippen LogP contribution >= 0.6 is 11.3 Å². The Balaban J connectivity index is 1.98. The molecule has 0 fully saturated rings. The number of thiazole rings is 1. The predicted molar refractivity (Wildman–Crippen MR) is 114 cm³/mol. The summed E-state index contributed by atoms with van der Waals surface area (Å²) in [5.41, 5.74) is 2.40. The maximum absolute atomic E-state index is 13.2. The zero-order valence-corrected chi connectivity index (χ0v) is 18.0. The van der Waals surface area contributed by atoms with E-state index >= 15 is 0 Å². The maximum Gasteiger partial charge on any atom is 0.260 e. The van der Waals surface area contributed by atoms with Gasteiger partial charge < -0.3 is 4.90 Å². The number of likely N-dealkylation sites (N-methyl/N-ethyl adjacent to an activating group) is 1. The van der Waals surface area contributed by atoms with E-state index in [0.717, 1.165) is 22.0 Å². The Labute approximate surface area is 169 Å². The molecule has 0 unspecified atom stereocenters. The van der Waals surface area contributed by atoms with Gasteiger partial charge in [-0.05, 0) is 56.9 Å². The number of amides is 1. The summed E-state index contributed by atoms with van der Waals surface area (Å²) in [7, 11) is 0.598. The van der Waals surface area contributed by atoms with Crippen molar-refractivity contribution in [2.45, 2.75) is 11.8 Å². The summed E-state index contributed by atoms with van der Waals surface area (Å²) in [5.74, 6) is -0.196. The Kier molecular flexibility index (Phi) is 5.83. The molecular weight excluding hydrogens is 394 g/mol. The van der Waals surface area contributed by atoms with E-state index in [1.807, 2.05) is 44.1 Å². The van der Waals surface area contributed by atoms with Crippen LogP contribution in [0.25, 0.3) is 10.2 Å². The number of carbonyl (C=O) groups excluding carboxylic acids is 1. The summed E-state index contributed by atoms with van der Waals surface area (Å²) >= 11 is 1.48. The number of para-hydroxylation sites is 1. The summed E-state index contributed by atoms with van der Waals surface area (Å²) < 4.78 is 24.4. The lowest BCUT2D eigenvalue weighted by Gasteiger charge is -2.22. The van der Waals surface area contributed by atoms with Crippen molar-refractivity contribution in [2.24, 2.45) is 0 Å². The minimum Gasteiger partial charge on any atom is -0.308 e. The Morgan fingerprint density at radius 2 is 1.75 bits per heavy atom. The number of sulfone groups is 1. The molecular formula is C20H23N3O3S2. The number of fused-ring (bicyclic) bond motifs is 1. The van der Waals surface area contributed by atoms with Crippen LogP contribution < -0.4 is 4.90 Å². The summed E-state index contributed by atoms with van der Waals surface area (Å²) in [6.07, 6.45) is 1.15. The van der Waals surface area contributed by atoms with Gasteiger partial charge in [-0.2, -0.15) is 0 Å². The van der Waals surface area contributed by atoms with E-state index in [9.17, 15) is 13.2 Å². The highest BCUT2D eigenvalue weighted by molar-refractivity contribution is 7.90. The highest BCUT2D eigenvalue weighted by atomic mass is 32.2. The molecule has 0 saturated carbocycles. The number of anilines is 1. The second-order valence-corrected chi connectivity index (χ2v) is 10.00. The van der Waals surface area contributed by atoms with Crippen molar-refractivity contribution < 1.29 is 13.2 Å². The SMILES string of the molecule is Cc1cccc2sc(N(CCN(C)C)C(=O)c3ccc(S(C)(=O)=O)cc3)nc12. The molecule has 3 rings (SSSR count). The first-order valence-corrected chi connectivity index (χ1v) is 11.5.